The van der Waals surface area contributed by atoms with Crippen LogP contribution in [0, 0.1) is 10.1 Å². The number of fused-ring (bicyclic) bond motifs is 1. The normalized spacial score (nSPS) is 11.0. The molecule has 0 aliphatic rings. The Balaban J connectivity index is 2.22. The average Bonchev–Trinajstić information content (AvgIpc) is 3.17. The third kappa shape index (κ3) is 2.79. The van der Waals surface area contributed by atoms with Gasteiger partial charge in [0.1, 0.15) is 5.75 Å². The Morgan fingerprint density at radius 1 is 1.00 bits per heavy atom. The van der Waals surface area contributed by atoms with Crippen LogP contribution >= 0.6 is 0 Å². The summed E-state index contributed by atoms with van der Waals surface area (Å²) in [6, 6.07) is 13.3. The highest BCUT2D eigenvalue weighted by Crippen LogP contribution is 2.35. The summed E-state index contributed by atoms with van der Waals surface area (Å²) in [4.78, 5) is 36.4. The molecule has 0 amide bonds. The molecule has 0 aliphatic heterocycles. The van der Waals surface area contributed by atoms with Crippen LogP contribution in [0.1, 0.15) is 0 Å². The largest absolute Gasteiger partial charge is 0.495 e. The number of ether oxygens (including phenoxy) is 1. The molecule has 0 N–H and O–H groups in total. The van der Waals surface area contributed by atoms with Crippen molar-refractivity contribution in [3.05, 3.63) is 85.7 Å². The first kappa shape index (κ1) is 19.2. The second kappa shape index (κ2) is 7.03. The minimum Gasteiger partial charge on any atom is -0.495 e. The van der Waals surface area contributed by atoms with E-state index in [-0.39, 0.29) is 11.1 Å². The van der Waals surface area contributed by atoms with Gasteiger partial charge in [0.15, 0.2) is 0 Å². The van der Waals surface area contributed by atoms with Gasteiger partial charge in [0, 0.05) is 38.0 Å². The van der Waals surface area contributed by atoms with Crippen LogP contribution in [0.3, 0.4) is 0 Å². The molecule has 0 atom stereocenters. The van der Waals surface area contributed by atoms with Crippen molar-refractivity contribution in [3.63, 3.8) is 0 Å². The number of non-ortho nitro benzene ring substituents is 1. The number of aryl methyl sites for hydroxylation is 1. The van der Waals surface area contributed by atoms with Gasteiger partial charge in [0.05, 0.1) is 34.3 Å². The molecule has 4 rings (SSSR count). The fraction of sp³-hybridized carbons (Fsp3) is 0.143. The van der Waals surface area contributed by atoms with Crippen molar-refractivity contribution in [3.8, 4) is 22.7 Å². The summed E-state index contributed by atoms with van der Waals surface area (Å²) in [5.74, 6) is 0.548. The van der Waals surface area contributed by atoms with Crippen molar-refractivity contribution in [1.82, 2.24) is 13.7 Å². The van der Waals surface area contributed by atoms with E-state index >= 15 is 0 Å². The first-order valence-electron chi connectivity index (χ1n) is 9.04. The predicted octanol–water partition coefficient (Wildman–Crippen LogP) is 2.61. The highest BCUT2D eigenvalue weighted by molar-refractivity contribution is 5.95. The van der Waals surface area contributed by atoms with Crippen LogP contribution in [0.15, 0.2) is 64.3 Å². The molecule has 0 fully saturated rings. The molecule has 9 heteroatoms. The predicted molar refractivity (Wildman–Crippen MR) is 112 cm³/mol. The summed E-state index contributed by atoms with van der Waals surface area (Å²) in [6.45, 7) is 0. The van der Waals surface area contributed by atoms with E-state index in [1.165, 1.54) is 30.9 Å². The van der Waals surface area contributed by atoms with Gasteiger partial charge in [-0.05, 0) is 12.1 Å². The number of nitrogens with zero attached hydrogens (tertiary/aromatic N) is 4. The lowest BCUT2D eigenvalue weighted by Gasteiger charge is -2.13. The SMILES string of the molecule is COc1ccccc1-n1cc2c(c1-c1cccc([N+](=O)[O-])c1)c(=O)n(C)c(=O)n2C. The van der Waals surface area contributed by atoms with Crippen molar-refractivity contribution in [2.75, 3.05) is 7.11 Å². The number of methoxy groups -OCH3 is 1. The number of benzene rings is 2. The Kier molecular flexibility index (Phi) is 4.50. The zero-order chi connectivity index (χ0) is 21.6. The number of hydrogen-bond donors (Lipinski definition) is 0. The van der Waals surface area contributed by atoms with Gasteiger partial charge in [-0.15, -0.1) is 0 Å². The van der Waals surface area contributed by atoms with E-state index in [2.05, 4.69) is 0 Å². The van der Waals surface area contributed by atoms with E-state index < -0.39 is 16.2 Å². The molecular weight excluding hydrogens is 388 g/mol. The summed E-state index contributed by atoms with van der Waals surface area (Å²) in [7, 11) is 4.51. The average molecular weight is 406 g/mol. The molecule has 152 valence electrons. The van der Waals surface area contributed by atoms with E-state index in [1.807, 2.05) is 12.1 Å². The zero-order valence-electron chi connectivity index (χ0n) is 16.5. The highest BCUT2D eigenvalue weighted by Gasteiger charge is 2.22. The quantitative estimate of drug-likeness (QED) is 0.383. The van der Waals surface area contributed by atoms with Crippen LogP contribution in [-0.4, -0.2) is 25.7 Å². The van der Waals surface area contributed by atoms with Crippen molar-refractivity contribution >= 4 is 16.6 Å². The van der Waals surface area contributed by atoms with Gasteiger partial charge < -0.3 is 9.30 Å². The number of aromatic nitrogens is 3. The molecule has 0 bridgehead atoms. The molecule has 30 heavy (non-hydrogen) atoms. The highest BCUT2D eigenvalue weighted by atomic mass is 16.6. The fourth-order valence-corrected chi connectivity index (χ4v) is 3.61. The van der Waals surface area contributed by atoms with E-state index in [1.54, 1.807) is 42.1 Å². The van der Waals surface area contributed by atoms with Crippen LogP contribution in [0.5, 0.6) is 5.75 Å². The number of hydrogen-bond acceptors (Lipinski definition) is 5. The van der Waals surface area contributed by atoms with E-state index in [0.29, 0.717) is 28.2 Å². The number of para-hydroxylation sites is 2. The second-order valence-corrected chi connectivity index (χ2v) is 6.79. The van der Waals surface area contributed by atoms with E-state index in [9.17, 15) is 19.7 Å². The van der Waals surface area contributed by atoms with Crippen molar-refractivity contribution in [1.29, 1.82) is 0 Å². The van der Waals surface area contributed by atoms with Crippen LogP contribution in [-0.2, 0) is 14.1 Å². The summed E-state index contributed by atoms with van der Waals surface area (Å²) < 4.78 is 9.60. The molecular formula is C21H18N4O5. The van der Waals surface area contributed by atoms with Crippen molar-refractivity contribution in [2.45, 2.75) is 0 Å². The lowest BCUT2D eigenvalue weighted by molar-refractivity contribution is -0.384. The van der Waals surface area contributed by atoms with Crippen LogP contribution in [0.2, 0.25) is 0 Å². The molecule has 4 aromatic rings. The maximum absolute atomic E-state index is 13.1. The minimum absolute atomic E-state index is 0.102. The topological polar surface area (TPSA) is 101 Å². The lowest BCUT2D eigenvalue weighted by atomic mass is 10.1. The first-order valence-corrected chi connectivity index (χ1v) is 9.04. The van der Waals surface area contributed by atoms with Crippen LogP contribution < -0.4 is 16.0 Å². The van der Waals surface area contributed by atoms with Crippen molar-refractivity contribution < 1.29 is 9.66 Å². The van der Waals surface area contributed by atoms with Gasteiger partial charge in [0.2, 0.25) is 0 Å². The summed E-state index contributed by atoms with van der Waals surface area (Å²) >= 11 is 0. The van der Waals surface area contributed by atoms with E-state index in [4.69, 9.17) is 4.74 Å². The number of nitro groups is 1. The molecule has 0 aliphatic carbocycles. The maximum atomic E-state index is 13.1. The van der Waals surface area contributed by atoms with Crippen molar-refractivity contribution in [2.24, 2.45) is 14.1 Å². The third-order valence-electron chi connectivity index (χ3n) is 5.11. The van der Waals surface area contributed by atoms with E-state index in [0.717, 1.165) is 4.57 Å². The Morgan fingerprint density at radius 3 is 2.43 bits per heavy atom. The molecule has 2 aromatic heterocycles. The molecule has 0 saturated heterocycles. The first-order chi connectivity index (χ1) is 14.3. The molecule has 2 aromatic carbocycles. The Labute approximate surface area is 170 Å². The molecule has 2 heterocycles. The van der Waals surface area contributed by atoms with Crippen LogP contribution in [0.25, 0.3) is 27.8 Å². The van der Waals surface area contributed by atoms with Gasteiger partial charge in [0.25, 0.3) is 11.2 Å². The summed E-state index contributed by atoms with van der Waals surface area (Å²) in [5.41, 5.74) is 0.909. The molecule has 0 unspecified atom stereocenters. The number of nitro benzene ring substituents is 1. The van der Waals surface area contributed by atoms with Gasteiger partial charge >= 0.3 is 5.69 Å². The van der Waals surface area contributed by atoms with Gasteiger partial charge in [-0.25, -0.2) is 4.79 Å². The summed E-state index contributed by atoms with van der Waals surface area (Å²) in [6.07, 6.45) is 1.67. The maximum Gasteiger partial charge on any atom is 0.330 e. The zero-order valence-corrected chi connectivity index (χ0v) is 16.5. The second-order valence-electron chi connectivity index (χ2n) is 6.79. The Morgan fingerprint density at radius 2 is 1.73 bits per heavy atom. The molecule has 0 saturated carbocycles. The van der Waals surface area contributed by atoms with Gasteiger partial charge in [-0.1, -0.05) is 24.3 Å². The summed E-state index contributed by atoms with van der Waals surface area (Å²) in [5, 5.41) is 11.6. The molecule has 9 nitrogen and oxygen atoms in total. The smallest absolute Gasteiger partial charge is 0.330 e. The molecule has 0 radical (unpaired) electrons. The van der Waals surface area contributed by atoms with Gasteiger partial charge in [-0.2, -0.15) is 0 Å². The standard InChI is InChI=1S/C21H18N4O5/c1-22-16-12-24(15-9-4-5-10-17(15)30-3)19(18(16)20(26)23(2)21(22)27)13-7-6-8-14(11-13)25(28)29/h4-12H,1-3H3. The fourth-order valence-electron chi connectivity index (χ4n) is 3.61. The monoisotopic (exact) mass is 406 g/mol. The number of rotatable bonds is 4. The minimum atomic E-state index is -0.490. The Bertz CT molecular complexity index is 1430. The van der Waals surface area contributed by atoms with Crippen LogP contribution in [0.4, 0.5) is 5.69 Å². The lowest BCUT2D eigenvalue weighted by Crippen LogP contribution is -2.36. The van der Waals surface area contributed by atoms with Gasteiger partial charge in [-0.3, -0.25) is 24.0 Å². The third-order valence-corrected chi connectivity index (χ3v) is 5.11. The molecule has 0 spiro atoms. The Hall–Kier alpha value is -4.14.